The highest BCUT2D eigenvalue weighted by atomic mass is 19.4. The zero-order valence-electron chi connectivity index (χ0n) is 13.7. The summed E-state index contributed by atoms with van der Waals surface area (Å²) in [6.45, 7) is 2.64. The Balaban J connectivity index is 2.00. The van der Waals surface area contributed by atoms with Crippen LogP contribution in [0.3, 0.4) is 0 Å². The van der Waals surface area contributed by atoms with E-state index in [0.29, 0.717) is 12.2 Å². The maximum atomic E-state index is 12.5. The highest BCUT2D eigenvalue weighted by Crippen LogP contribution is 2.30. The molecule has 25 heavy (non-hydrogen) atoms. The number of amides is 1. The van der Waals surface area contributed by atoms with Crippen molar-refractivity contribution in [3.8, 4) is 0 Å². The Morgan fingerprint density at radius 1 is 1.12 bits per heavy atom. The summed E-state index contributed by atoms with van der Waals surface area (Å²) in [5.74, 6) is -0.171. The molecular formula is C17H19F3N4O. The van der Waals surface area contributed by atoms with Crippen LogP contribution in [0.25, 0.3) is 0 Å². The van der Waals surface area contributed by atoms with Gasteiger partial charge in [0.25, 0.3) is 5.91 Å². The molecule has 0 bridgehead atoms. The Morgan fingerprint density at radius 2 is 1.84 bits per heavy atom. The van der Waals surface area contributed by atoms with Crippen LogP contribution in [0.15, 0.2) is 36.5 Å². The minimum absolute atomic E-state index is 0.140. The van der Waals surface area contributed by atoms with Crippen LogP contribution in [-0.2, 0) is 6.18 Å². The number of alkyl halides is 3. The van der Waals surface area contributed by atoms with E-state index < -0.39 is 11.7 Å². The van der Waals surface area contributed by atoms with E-state index in [9.17, 15) is 18.0 Å². The number of benzene rings is 1. The Kier molecular flexibility index (Phi) is 6.32. The van der Waals surface area contributed by atoms with Crippen LogP contribution < -0.4 is 10.6 Å². The monoisotopic (exact) mass is 352 g/mol. The summed E-state index contributed by atoms with van der Waals surface area (Å²) in [6, 6.07) is 5.97. The molecule has 2 N–H and O–H groups in total. The molecule has 2 rings (SSSR count). The van der Waals surface area contributed by atoms with Crippen LogP contribution in [0.4, 0.5) is 24.8 Å². The Hall–Kier alpha value is -2.64. The van der Waals surface area contributed by atoms with Gasteiger partial charge in [0.15, 0.2) is 0 Å². The summed E-state index contributed by atoms with van der Waals surface area (Å²) in [5, 5.41) is 5.55. The van der Waals surface area contributed by atoms with E-state index in [0.717, 1.165) is 31.4 Å². The first kappa shape index (κ1) is 18.7. The fourth-order valence-electron chi connectivity index (χ4n) is 2.08. The van der Waals surface area contributed by atoms with Crippen molar-refractivity contribution in [2.24, 2.45) is 0 Å². The van der Waals surface area contributed by atoms with Crippen molar-refractivity contribution in [2.45, 2.75) is 32.4 Å². The predicted octanol–water partition coefficient (Wildman–Crippen LogP) is 4.16. The predicted molar refractivity (Wildman–Crippen MR) is 88.6 cm³/mol. The lowest BCUT2D eigenvalue weighted by molar-refractivity contribution is -0.137. The average Bonchev–Trinajstić information content (AvgIpc) is 2.58. The number of unbranched alkanes of at least 4 members (excludes halogenated alkanes) is 2. The van der Waals surface area contributed by atoms with Crippen LogP contribution in [0.1, 0.15) is 42.2 Å². The van der Waals surface area contributed by atoms with Crippen molar-refractivity contribution >= 4 is 17.5 Å². The fourth-order valence-corrected chi connectivity index (χ4v) is 2.08. The second kappa shape index (κ2) is 8.46. The fraction of sp³-hybridized carbons (Fsp3) is 0.353. The van der Waals surface area contributed by atoms with Gasteiger partial charge in [-0.2, -0.15) is 13.2 Å². The van der Waals surface area contributed by atoms with E-state index in [1.54, 1.807) is 0 Å². The van der Waals surface area contributed by atoms with Crippen LogP contribution in [0.2, 0.25) is 0 Å². The second-order valence-corrected chi connectivity index (χ2v) is 5.43. The molecule has 8 heteroatoms. The molecule has 0 saturated carbocycles. The van der Waals surface area contributed by atoms with E-state index in [2.05, 4.69) is 27.5 Å². The summed E-state index contributed by atoms with van der Waals surface area (Å²) < 4.78 is 37.6. The number of nitrogens with one attached hydrogen (secondary N) is 2. The van der Waals surface area contributed by atoms with Crippen molar-refractivity contribution in [2.75, 3.05) is 11.9 Å². The third kappa shape index (κ3) is 5.74. The summed E-state index contributed by atoms with van der Waals surface area (Å²) >= 11 is 0. The molecule has 0 saturated heterocycles. The van der Waals surface area contributed by atoms with Gasteiger partial charge >= 0.3 is 6.18 Å². The van der Waals surface area contributed by atoms with Gasteiger partial charge in [-0.15, -0.1) is 0 Å². The summed E-state index contributed by atoms with van der Waals surface area (Å²) in [6.07, 6.45) is 0.0184. The molecule has 0 unspecified atom stereocenters. The summed E-state index contributed by atoms with van der Waals surface area (Å²) in [4.78, 5) is 20.1. The Morgan fingerprint density at radius 3 is 2.48 bits per heavy atom. The van der Waals surface area contributed by atoms with E-state index in [-0.39, 0.29) is 17.5 Å². The molecule has 1 aromatic heterocycles. The van der Waals surface area contributed by atoms with Gasteiger partial charge in [-0.1, -0.05) is 19.8 Å². The molecule has 0 aliphatic rings. The van der Waals surface area contributed by atoms with Crippen molar-refractivity contribution in [3.63, 3.8) is 0 Å². The number of aromatic nitrogens is 2. The summed E-state index contributed by atoms with van der Waals surface area (Å²) in [5.41, 5.74) is -0.145. The van der Waals surface area contributed by atoms with E-state index in [1.807, 2.05) is 0 Å². The third-order valence-electron chi connectivity index (χ3n) is 3.42. The summed E-state index contributed by atoms with van der Waals surface area (Å²) in [7, 11) is 0. The highest BCUT2D eigenvalue weighted by Gasteiger charge is 2.29. The SMILES string of the molecule is CCCCCNC(=O)c1ccnc(Nc2ccc(C(F)(F)F)cc2)n1. The van der Waals surface area contributed by atoms with Crippen LogP contribution in [-0.4, -0.2) is 22.4 Å². The number of hydrogen-bond donors (Lipinski definition) is 2. The number of carbonyl (C=O) groups excluding carboxylic acids is 1. The topological polar surface area (TPSA) is 66.9 Å². The van der Waals surface area contributed by atoms with Crippen molar-refractivity contribution in [1.82, 2.24) is 15.3 Å². The first-order valence-corrected chi connectivity index (χ1v) is 7.95. The average molecular weight is 352 g/mol. The molecule has 0 spiro atoms. The van der Waals surface area contributed by atoms with Gasteiger partial charge in [-0.3, -0.25) is 4.79 Å². The molecule has 0 fully saturated rings. The normalized spacial score (nSPS) is 11.2. The molecule has 0 radical (unpaired) electrons. The number of rotatable bonds is 7. The van der Waals surface area contributed by atoms with Crippen LogP contribution in [0.5, 0.6) is 0 Å². The van der Waals surface area contributed by atoms with Gasteiger partial charge < -0.3 is 10.6 Å². The molecule has 1 heterocycles. The lowest BCUT2D eigenvalue weighted by Gasteiger charge is -2.09. The first-order chi connectivity index (χ1) is 11.9. The minimum atomic E-state index is -4.38. The molecular weight excluding hydrogens is 333 g/mol. The quantitative estimate of drug-likeness (QED) is 0.735. The van der Waals surface area contributed by atoms with Crippen LogP contribution >= 0.6 is 0 Å². The maximum Gasteiger partial charge on any atom is 0.416 e. The first-order valence-electron chi connectivity index (χ1n) is 7.95. The molecule has 134 valence electrons. The molecule has 5 nitrogen and oxygen atoms in total. The molecule has 1 aromatic carbocycles. The van der Waals surface area contributed by atoms with Gasteiger partial charge in [0.05, 0.1) is 5.56 Å². The molecule has 1 amide bonds. The van der Waals surface area contributed by atoms with Crippen molar-refractivity contribution in [1.29, 1.82) is 0 Å². The number of halogens is 3. The van der Waals surface area contributed by atoms with Crippen molar-refractivity contribution < 1.29 is 18.0 Å². The second-order valence-electron chi connectivity index (χ2n) is 5.43. The van der Waals surface area contributed by atoms with Crippen molar-refractivity contribution in [3.05, 3.63) is 47.8 Å². The van der Waals surface area contributed by atoms with Crippen LogP contribution in [0, 0.1) is 0 Å². The highest BCUT2D eigenvalue weighted by molar-refractivity contribution is 5.92. The molecule has 2 aromatic rings. The Labute approximate surface area is 143 Å². The van der Waals surface area contributed by atoms with Gasteiger partial charge in [-0.05, 0) is 36.8 Å². The number of hydrogen-bond acceptors (Lipinski definition) is 4. The smallest absolute Gasteiger partial charge is 0.351 e. The van der Waals surface area contributed by atoms with E-state index >= 15 is 0 Å². The minimum Gasteiger partial charge on any atom is -0.351 e. The molecule has 0 aliphatic carbocycles. The number of anilines is 2. The van der Waals surface area contributed by atoms with Gasteiger partial charge in [0.2, 0.25) is 5.95 Å². The van der Waals surface area contributed by atoms with E-state index in [4.69, 9.17) is 0 Å². The standard InChI is InChI=1S/C17H19F3N4O/c1-2-3-4-10-21-15(25)14-9-11-22-16(24-14)23-13-7-5-12(6-8-13)17(18,19)20/h5-9,11H,2-4,10H2,1H3,(H,21,25)(H,22,23,24). The van der Waals surface area contributed by atoms with Gasteiger partial charge in [0, 0.05) is 18.4 Å². The third-order valence-corrected chi connectivity index (χ3v) is 3.42. The van der Waals surface area contributed by atoms with Gasteiger partial charge in [-0.25, -0.2) is 9.97 Å². The van der Waals surface area contributed by atoms with Gasteiger partial charge in [0.1, 0.15) is 5.69 Å². The zero-order valence-corrected chi connectivity index (χ0v) is 13.7. The zero-order chi connectivity index (χ0) is 18.3. The lowest BCUT2D eigenvalue weighted by Crippen LogP contribution is -2.25. The Bertz CT molecular complexity index is 702. The van der Waals surface area contributed by atoms with E-state index in [1.165, 1.54) is 24.4 Å². The molecule has 0 aliphatic heterocycles. The molecule has 0 atom stereocenters. The maximum absolute atomic E-state index is 12.5. The number of carbonyl (C=O) groups is 1. The lowest BCUT2D eigenvalue weighted by atomic mass is 10.2. The number of nitrogens with zero attached hydrogens (tertiary/aromatic N) is 2. The largest absolute Gasteiger partial charge is 0.416 e.